The molecule has 1 aliphatic rings. The number of nitrogens with zero attached hydrogens (tertiary/aromatic N) is 1. The van der Waals surface area contributed by atoms with Crippen molar-refractivity contribution in [2.75, 3.05) is 13.7 Å². The van der Waals surface area contributed by atoms with Crippen molar-refractivity contribution in [3.63, 3.8) is 0 Å². The highest BCUT2D eigenvalue weighted by molar-refractivity contribution is 5.08. The van der Waals surface area contributed by atoms with Gasteiger partial charge in [0, 0.05) is 25.5 Å². The van der Waals surface area contributed by atoms with Crippen LogP contribution in [0.2, 0.25) is 0 Å². The van der Waals surface area contributed by atoms with Crippen LogP contribution in [-0.2, 0) is 11.2 Å². The number of rotatable bonds is 5. The van der Waals surface area contributed by atoms with E-state index in [-0.39, 0.29) is 0 Å². The molecule has 0 spiro atoms. The summed E-state index contributed by atoms with van der Waals surface area (Å²) in [5, 5.41) is 3.59. The Hall–Kier alpha value is -0.930. The molecule has 0 saturated heterocycles. The number of hydrogen-bond acceptors (Lipinski definition) is 3. The van der Waals surface area contributed by atoms with Gasteiger partial charge in [0.05, 0.1) is 6.10 Å². The molecule has 2 unspecified atom stereocenters. The van der Waals surface area contributed by atoms with E-state index in [0.29, 0.717) is 12.1 Å². The van der Waals surface area contributed by atoms with E-state index in [0.717, 1.165) is 19.4 Å². The van der Waals surface area contributed by atoms with Crippen LogP contribution < -0.4 is 5.32 Å². The zero-order valence-corrected chi connectivity index (χ0v) is 9.86. The Balaban J connectivity index is 1.65. The highest BCUT2D eigenvalue weighted by Gasteiger charge is 2.23. The van der Waals surface area contributed by atoms with E-state index in [1.165, 1.54) is 18.4 Å². The quantitative estimate of drug-likeness (QED) is 0.821. The van der Waals surface area contributed by atoms with Gasteiger partial charge in [-0.15, -0.1) is 0 Å². The molecule has 1 aromatic rings. The Morgan fingerprint density at radius 1 is 1.50 bits per heavy atom. The molecule has 3 nitrogen and oxygen atoms in total. The second kappa shape index (κ2) is 5.97. The van der Waals surface area contributed by atoms with Gasteiger partial charge in [-0.25, -0.2) is 0 Å². The summed E-state index contributed by atoms with van der Waals surface area (Å²) in [6.07, 6.45) is 8.87. The highest BCUT2D eigenvalue weighted by Crippen LogP contribution is 2.21. The average Bonchev–Trinajstić information content (AvgIpc) is 2.78. The van der Waals surface area contributed by atoms with E-state index < -0.39 is 0 Å². The summed E-state index contributed by atoms with van der Waals surface area (Å²) < 4.78 is 5.36. The number of pyridine rings is 1. The van der Waals surface area contributed by atoms with Gasteiger partial charge in [-0.2, -0.15) is 0 Å². The van der Waals surface area contributed by atoms with Crippen molar-refractivity contribution < 1.29 is 4.74 Å². The maximum atomic E-state index is 5.36. The molecule has 3 heteroatoms. The Kier molecular flexibility index (Phi) is 4.31. The molecular formula is C13H20N2O. The van der Waals surface area contributed by atoms with Gasteiger partial charge in [0.2, 0.25) is 0 Å². The first kappa shape index (κ1) is 11.6. The molecule has 0 bridgehead atoms. The van der Waals surface area contributed by atoms with Gasteiger partial charge in [0.25, 0.3) is 0 Å². The van der Waals surface area contributed by atoms with E-state index in [1.807, 2.05) is 25.6 Å². The first-order valence-electron chi connectivity index (χ1n) is 6.03. The molecule has 0 radical (unpaired) electrons. The van der Waals surface area contributed by atoms with Crippen molar-refractivity contribution in [2.24, 2.45) is 0 Å². The molecule has 0 aliphatic heterocycles. The van der Waals surface area contributed by atoms with Crippen molar-refractivity contribution in [2.45, 2.75) is 37.8 Å². The van der Waals surface area contributed by atoms with Crippen molar-refractivity contribution in [1.82, 2.24) is 10.3 Å². The smallest absolute Gasteiger partial charge is 0.0586 e. The summed E-state index contributed by atoms with van der Waals surface area (Å²) in [5.41, 5.74) is 1.30. The lowest BCUT2D eigenvalue weighted by atomic mass is 10.2. The van der Waals surface area contributed by atoms with Crippen molar-refractivity contribution >= 4 is 0 Å². The van der Waals surface area contributed by atoms with Gasteiger partial charge in [0.15, 0.2) is 0 Å². The summed E-state index contributed by atoms with van der Waals surface area (Å²) in [6.45, 7) is 1.03. The van der Waals surface area contributed by atoms with Crippen LogP contribution in [-0.4, -0.2) is 30.8 Å². The minimum atomic E-state index is 0.468. The lowest BCUT2D eigenvalue weighted by Crippen LogP contribution is -2.29. The Morgan fingerprint density at radius 2 is 2.44 bits per heavy atom. The fourth-order valence-electron chi connectivity index (χ4n) is 2.31. The molecule has 0 aromatic carbocycles. The molecule has 0 amide bonds. The summed E-state index contributed by atoms with van der Waals surface area (Å²) in [7, 11) is 1.81. The summed E-state index contributed by atoms with van der Waals surface area (Å²) in [6, 6.07) is 4.76. The molecule has 1 heterocycles. The van der Waals surface area contributed by atoms with Crippen LogP contribution in [0.1, 0.15) is 24.8 Å². The van der Waals surface area contributed by atoms with Gasteiger partial charge in [0.1, 0.15) is 0 Å². The Morgan fingerprint density at radius 3 is 3.12 bits per heavy atom. The van der Waals surface area contributed by atoms with Crippen LogP contribution >= 0.6 is 0 Å². The minimum Gasteiger partial charge on any atom is -0.381 e. The predicted molar refractivity (Wildman–Crippen MR) is 64.4 cm³/mol. The maximum Gasteiger partial charge on any atom is 0.0586 e. The molecule has 88 valence electrons. The third-order valence-electron chi connectivity index (χ3n) is 3.29. The normalized spacial score (nSPS) is 24.8. The summed E-state index contributed by atoms with van der Waals surface area (Å²) in [5.74, 6) is 0. The third-order valence-corrected chi connectivity index (χ3v) is 3.29. The minimum absolute atomic E-state index is 0.468. The van der Waals surface area contributed by atoms with Crippen molar-refractivity contribution in [1.29, 1.82) is 0 Å². The number of hydrogen-bond donors (Lipinski definition) is 1. The fourth-order valence-corrected chi connectivity index (χ4v) is 2.31. The second-order valence-electron chi connectivity index (χ2n) is 4.43. The van der Waals surface area contributed by atoms with E-state index in [2.05, 4.69) is 16.4 Å². The van der Waals surface area contributed by atoms with Gasteiger partial charge in [-0.3, -0.25) is 4.98 Å². The van der Waals surface area contributed by atoms with Crippen LogP contribution in [0.5, 0.6) is 0 Å². The van der Waals surface area contributed by atoms with E-state index in [1.54, 1.807) is 0 Å². The maximum absolute atomic E-state index is 5.36. The van der Waals surface area contributed by atoms with E-state index in [4.69, 9.17) is 4.74 Å². The molecule has 1 saturated carbocycles. The summed E-state index contributed by atoms with van der Waals surface area (Å²) in [4.78, 5) is 4.11. The zero-order chi connectivity index (χ0) is 11.2. The average molecular weight is 220 g/mol. The molecule has 1 fully saturated rings. The fraction of sp³-hybridized carbons (Fsp3) is 0.615. The molecule has 1 N–H and O–H groups in total. The number of nitrogens with one attached hydrogen (secondary N) is 1. The molecule has 1 aliphatic carbocycles. The Labute approximate surface area is 97.2 Å². The molecular weight excluding hydrogens is 200 g/mol. The second-order valence-corrected chi connectivity index (χ2v) is 4.43. The molecule has 2 rings (SSSR count). The van der Waals surface area contributed by atoms with Crippen LogP contribution in [0.3, 0.4) is 0 Å². The van der Waals surface area contributed by atoms with E-state index in [9.17, 15) is 0 Å². The first-order chi connectivity index (χ1) is 7.88. The van der Waals surface area contributed by atoms with E-state index >= 15 is 0 Å². The largest absolute Gasteiger partial charge is 0.381 e. The predicted octanol–water partition coefficient (Wildman–Crippen LogP) is 1.78. The highest BCUT2D eigenvalue weighted by atomic mass is 16.5. The summed E-state index contributed by atoms with van der Waals surface area (Å²) >= 11 is 0. The molecule has 2 atom stereocenters. The van der Waals surface area contributed by atoms with Crippen molar-refractivity contribution in [3.05, 3.63) is 30.1 Å². The van der Waals surface area contributed by atoms with Gasteiger partial charge in [-0.1, -0.05) is 6.07 Å². The van der Waals surface area contributed by atoms with Crippen molar-refractivity contribution in [3.8, 4) is 0 Å². The number of aromatic nitrogens is 1. The van der Waals surface area contributed by atoms with Crippen LogP contribution in [0.25, 0.3) is 0 Å². The van der Waals surface area contributed by atoms with Crippen LogP contribution in [0.15, 0.2) is 24.5 Å². The third kappa shape index (κ3) is 3.29. The van der Waals surface area contributed by atoms with Gasteiger partial charge >= 0.3 is 0 Å². The topological polar surface area (TPSA) is 34.1 Å². The Bertz CT molecular complexity index is 302. The standard InChI is InChI=1S/C13H20N2O/c1-16-13-5-4-12(9-13)15-8-6-11-3-2-7-14-10-11/h2-3,7,10,12-13,15H,4-6,8-9H2,1H3. The van der Waals surface area contributed by atoms with Gasteiger partial charge in [-0.05, 0) is 43.9 Å². The SMILES string of the molecule is COC1CCC(NCCc2cccnc2)C1. The monoisotopic (exact) mass is 220 g/mol. The van der Waals surface area contributed by atoms with Crippen LogP contribution in [0.4, 0.5) is 0 Å². The zero-order valence-electron chi connectivity index (χ0n) is 9.86. The molecule has 16 heavy (non-hydrogen) atoms. The number of methoxy groups -OCH3 is 1. The first-order valence-corrected chi connectivity index (χ1v) is 6.03. The van der Waals surface area contributed by atoms with Crippen LogP contribution in [0, 0.1) is 0 Å². The molecule has 1 aromatic heterocycles. The lowest BCUT2D eigenvalue weighted by Gasteiger charge is -2.12. The lowest BCUT2D eigenvalue weighted by molar-refractivity contribution is 0.107. The number of ether oxygens (including phenoxy) is 1. The van der Waals surface area contributed by atoms with Gasteiger partial charge < -0.3 is 10.1 Å².